The maximum atomic E-state index is 12.3. The normalized spacial score (nSPS) is 18.7. The maximum absolute atomic E-state index is 12.3. The van der Waals surface area contributed by atoms with E-state index in [0.29, 0.717) is 11.7 Å². The number of anilines is 2. The van der Waals surface area contributed by atoms with Gasteiger partial charge in [0.25, 0.3) is 5.69 Å². The van der Waals surface area contributed by atoms with Crippen LogP contribution in [0.2, 0.25) is 0 Å². The Morgan fingerprint density at radius 2 is 1.92 bits per heavy atom. The molecule has 0 saturated carbocycles. The number of carbonyl (C=O) groups excluding carboxylic acids is 1. The van der Waals surface area contributed by atoms with Gasteiger partial charge in [0.1, 0.15) is 0 Å². The number of nitro benzene ring substituents is 1. The average molecular weight is 352 g/mol. The molecule has 0 bridgehead atoms. The van der Waals surface area contributed by atoms with Gasteiger partial charge >= 0.3 is 6.03 Å². The molecule has 2 heterocycles. The van der Waals surface area contributed by atoms with Gasteiger partial charge in [-0.3, -0.25) is 15.0 Å². The first-order valence-electron chi connectivity index (χ1n) is 8.79. The molecule has 2 aromatic carbocycles. The molecule has 2 N–H and O–H groups in total. The van der Waals surface area contributed by atoms with Gasteiger partial charge in [0.15, 0.2) is 0 Å². The van der Waals surface area contributed by atoms with Crippen molar-refractivity contribution in [2.45, 2.75) is 25.3 Å². The second kappa shape index (κ2) is 6.76. The van der Waals surface area contributed by atoms with E-state index in [2.05, 4.69) is 27.7 Å². The predicted octanol–water partition coefficient (Wildman–Crippen LogP) is 3.93. The average Bonchev–Trinajstić information content (AvgIpc) is 3.11. The van der Waals surface area contributed by atoms with Crippen LogP contribution in [0.1, 0.15) is 30.0 Å². The quantitative estimate of drug-likeness (QED) is 0.647. The summed E-state index contributed by atoms with van der Waals surface area (Å²) in [5.41, 5.74) is 3.73. The third-order valence-corrected chi connectivity index (χ3v) is 5.11. The number of nitrogens with one attached hydrogen (secondary N) is 2. The minimum absolute atomic E-state index is 0.0575. The third kappa shape index (κ3) is 3.25. The number of benzene rings is 2. The summed E-state index contributed by atoms with van der Waals surface area (Å²) in [5.74, 6) is 0. The zero-order chi connectivity index (χ0) is 18.1. The van der Waals surface area contributed by atoms with Crippen LogP contribution in [0.15, 0.2) is 42.5 Å². The Kier molecular flexibility index (Phi) is 4.30. The van der Waals surface area contributed by atoms with Crippen LogP contribution in [0.4, 0.5) is 21.9 Å². The number of nitrogens with zero attached hydrogens (tertiary/aromatic N) is 2. The first kappa shape index (κ1) is 16.5. The number of hydrogen-bond acceptors (Lipinski definition) is 4. The molecule has 7 heteroatoms. The van der Waals surface area contributed by atoms with Gasteiger partial charge in [-0.2, -0.15) is 0 Å². The number of fused-ring (bicyclic) bond motifs is 3. The van der Waals surface area contributed by atoms with Crippen molar-refractivity contribution in [3.8, 4) is 0 Å². The molecule has 1 fully saturated rings. The van der Waals surface area contributed by atoms with Crippen molar-refractivity contribution >= 4 is 23.1 Å². The van der Waals surface area contributed by atoms with Crippen molar-refractivity contribution in [1.29, 1.82) is 0 Å². The molecule has 1 saturated heterocycles. The van der Waals surface area contributed by atoms with Crippen molar-refractivity contribution < 1.29 is 9.72 Å². The zero-order valence-corrected chi connectivity index (χ0v) is 14.3. The third-order valence-electron chi connectivity index (χ3n) is 5.11. The van der Waals surface area contributed by atoms with Crippen LogP contribution in [-0.2, 0) is 6.42 Å². The lowest BCUT2D eigenvalue weighted by Crippen LogP contribution is -2.31. The van der Waals surface area contributed by atoms with Gasteiger partial charge in [-0.25, -0.2) is 4.79 Å². The second-order valence-electron chi connectivity index (χ2n) is 6.74. The van der Waals surface area contributed by atoms with E-state index in [1.807, 2.05) is 6.07 Å². The predicted molar refractivity (Wildman–Crippen MR) is 99.4 cm³/mol. The fourth-order valence-electron chi connectivity index (χ4n) is 3.91. The number of carbonyl (C=O) groups is 1. The summed E-state index contributed by atoms with van der Waals surface area (Å²) in [6.07, 6.45) is 3.43. The van der Waals surface area contributed by atoms with Crippen LogP contribution >= 0.6 is 0 Å². The maximum Gasteiger partial charge on any atom is 0.323 e. The van der Waals surface area contributed by atoms with Crippen LogP contribution in [-0.4, -0.2) is 28.9 Å². The number of urea groups is 1. The second-order valence-corrected chi connectivity index (χ2v) is 6.74. The van der Waals surface area contributed by atoms with Gasteiger partial charge in [-0.1, -0.05) is 12.1 Å². The Morgan fingerprint density at radius 1 is 1.12 bits per heavy atom. The van der Waals surface area contributed by atoms with Gasteiger partial charge in [0, 0.05) is 36.1 Å². The summed E-state index contributed by atoms with van der Waals surface area (Å²) >= 11 is 0. The number of non-ortho nitro benzene ring substituents is 1. The molecule has 26 heavy (non-hydrogen) atoms. The largest absolute Gasteiger partial charge is 0.323 e. The first-order chi connectivity index (χ1) is 12.6. The van der Waals surface area contributed by atoms with Crippen LogP contribution in [0.5, 0.6) is 0 Å². The van der Waals surface area contributed by atoms with Crippen molar-refractivity contribution in [1.82, 2.24) is 4.90 Å². The molecule has 1 unspecified atom stereocenters. The fourth-order valence-corrected chi connectivity index (χ4v) is 3.91. The van der Waals surface area contributed by atoms with Crippen molar-refractivity contribution in [3.63, 3.8) is 0 Å². The molecule has 2 aromatic rings. The van der Waals surface area contributed by atoms with Crippen LogP contribution in [0, 0.1) is 10.1 Å². The summed E-state index contributed by atoms with van der Waals surface area (Å²) in [4.78, 5) is 25.1. The minimum atomic E-state index is -0.486. The lowest BCUT2D eigenvalue weighted by molar-refractivity contribution is -0.384. The summed E-state index contributed by atoms with van der Waals surface area (Å²) < 4.78 is 0. The van der Waals surface area contributed by atoms with Crippen LogP contribution in [0.3, 0.4) is 0 Å². The van der Waals surface area contributed by atoms with Gasteiger partial charge in [0.2, 0.25) is 0 Å². The monoisotopic (exact) mass is 352 g/mol. The Morgan fingerprint density at radius 3 is 2.73 bits per heavy atom. The highest BCUT2D eigenvalue weighted by Gasteiger charge is 2.31. The fraction of sp³-hybridized carbons (Fsp3) is 0.316. The lowest BCUT2D eigenvalue weighted by atomic mass is 9.92. The molecular formula is C19H20N4O3. The zero-order valence-electron chi connectivity index (χ0n) is 14.3. The molecule has 2 aliphatic heterocycles. The molecule has 0 spiro atoms. The van der Waals surface area contributed by atoms with E-state index in [1.54, 1.807) is 12.1 Å². The van der Waals surface area contributed by atoms with E-state index in [0.717, 1.165) is 31.6 Å². The molecule has 7 nitrogen and oxygen atoms in total. The topological polar surface area (TPSA) is 87.5 Å². The smallest absolute Gasteiger partial charge is 0.308 e. The molecule has 0 aliphatic carbocycles. The minimum Gasteiger partial charge on any atom is -0.308 e. The molecule has 0 radical (unpaired) electrons. The molecule has 4 rings (SSSR count). The highest BCUT2D eigenvalue weighted by atomic mass is 16.6. The van der Waals surface area contributed by atoms with Gasteiger partial charge in [-0.05, 0) is 55.1 Å². The Labute approximate surface area is 151 Å². The van der Waals surface area contributed by atoms with Crippen molar-refractivity contribution in [2.75, 3.05) is 23.7 Å². The first-order valence-corrected chi connectivity index (χ1v) is 8.79. The molecular weight excluding hydrogens is 332 g/mol. The van der Waals surface area contributed by atoms with E-state index >= 15 is 0 Å². The summed E-state index contributed by atoms with van der Waals surface area (Å²) in [5, 5.41) is 16.3. The number of nitro groups is 1. The van der Waals surface area contributed by atoms with Crippen LogP contribution < -0.4 is 10.6 Å². The van der Waals surface area contributed by atoms with E-state index < -0.39 is 11.0 Å². The standard InChI is InChI=1S/C19H20N4O3/c24-19(20-14-3-1-4-16(11-14)23(25)26)21-15-7-6-13-8-10-22-9-2-5-18(22)17(13)12-15/h1,3-4,6-7,11-12,18H,2,5,8-10H2,(H2,20,21,24). The summed E-state index contributed by atoms with van der Waals surface area (Å²) in [6, 6.07) is 12.0. The van der Waals surface area contributed by atoms with Crippen molar-refractivity contribution in [3.05, 3.63) is 63.7 Å². The van der Waals surface area contributed by atoms with Crippen molar-refractivity contribution in [2.24, 2.45) is 0 Å². The number of rotatable bonds is 3. The molecule has 2 amide bonds. The number of hydrogen-bond donors (Lipinski definition) is 2. The Balaban J connectivity index is 1.47. The van der Waals surface area contributed by atoms with Crippen LogP contribution in [0.25, 0.3) is 0 Å². The van der Waals surface area contributed by atoms with E-state index in [-0.39, 0.29) is 5.69 Å². The van der Waals surface area contributed by atoms with E-state index in [1.165, 1.54) is 29.7 Å². The Bertz CT molecular complexity index is 868. The van der Waals surface area contributed by atoms with Gasteiger partial charge in [0.05, 0.1) is 4.92 Å². The highest BCUT2D eigenvalue weighted by Crippen LogP contribution is 2.38. The highest BCUT2D eigenvalue weighted by molar-refractivity contribution is 6.00. The SMILES string of the molecule is O=C(Nc1cccc([N+](=O)[O-])c1)Nc1ccc2c(c1)C1CCCN1CC2. The molecule has 1 atom stereocenters. The summed E-state index contributed by atoms with van der Waals surface area (Å²) in [7, 11) is 0. The van der Waals surface area contributed by atoms with Gasteiger partial charge in [-0.15, -0.1) is 0 Å². The molecule has 2 aliphatic rings. The summed E-state index contributed by atoms with van der Waals surface area (Å²) in [6.45, 7) is 2.26. The Hall–Kier alpha value is -2.93. The van der Waals surface area contributed by atoms with E-state index in [4.69, 9.17) is 0 Å². The van der Waals surface area contributed by atoms with Gasteiger partial charge < -0.3 is 10.6 Å². The lowest BCUT2D eigenvalue weighted by Gasteiger charge is -2.32. The molecule has 0 aromatic heterocycles. The molecule has 134 valence electrons. The van der Waals surface area contributed by atoms with E-state index in [9.17, 15) is 14.9 Å². The number of amides is 2.